The van der Waals surface area contributed by atoms with Crippen LogP contribution in [0.5, 0.6) is 0 Å². The van der Waals surface area contributed by atoms with E-state index < -0.39 is 6.16 Å². The lowest BCUT2D eigenvalue weighted by molar-refractivity contribution is -0.0441. The molecule has 0 aromatic carbocycles. The molecule has 0 saturated heterocycles. The van der Waals surface area contributed by atoms with Crippen LogP contribution in [0.4, 0.5) is 9.32 Å². The van der Waals surface area contributed by atoms with Crippen molar-refractivity contribution in [3.05, 3.63) is 0 Å². The van der Waals surface area contributed by atoms with Crippen LogP contribution in [0.15, 0.2) is 0 Å². The van der Waals surface area contributed by atoms with E-state index >= 15 is 0 Å². The first-order valence-corrected chi connectivity index (χ1v) is 0.820. The molecule has 38 valence electrons. The topological polar surface area (TPSA) is 77.8 Å². The molecule has 0 spiro atoms. The monoisotopic (exact) mass is 98.0 g/mol. The molecule has 0 saturated carbocycles. The Bertz CT molecular complexity index is 30.5. The molecule has 0 heterocycles. The first kappa shape index (κ1) is 8.94. The van der Waals surface area contributed by atoms with Crippen molar-refractivity contribution in [2.45, 2.75) is 0 Å². The van der Waals surface area contributed by atoms with Gasteiger partial charge in [0.05, 0.1) is 0 Å². The lowest BCUT2D eigenvalue weighted by atomic mass is 11.5. The molecule has 0 rings (SSSR count). The molecule has 0 fully saturated rings. The van der Waals surface area contributed by atoms with Crippen LogP contribution in [0, 0.1) is 0 Å². The summed E-state index contributed by atoms with van der Waals surface area (Å²) in [4.78, 5) is 8.56. The molecule has 0 atom stereocenters. The van der Waals surface area contributed by atoms with Gasteiger partial charge in [0, 0.05) is 0 Å². The van der Waals surface area contributed by atoms with Gasteiger partial charge in [-0.05, 0) is 0 Å². The Kier molecular flexibility index (Phi) is 13.3. The van der Waals surface area contributed by atoms with Crippen LogP contribution in [0.3, 0.4) is 0 Å². The minimum Gasteiger partial charge on any atom is -0.450 e. The zero-order valence-electron chi connectivity index (χ0n) is 2.63. The van der Waals surface area contributed by atoms with Crippen LogP contribution < -0.4 is 0 Å². The number of halogens is 1. The lowest BCUT2D eigenvalue weighted by Crippen LogP contribution is -1.81. The summed E-state index contributed by atoms with van der Waals surface area (Å²) in [6.45, 7) is 0. The van der Waals surface area contributed by atoms with Gasteiger partial charge in [-0.15, -0.1) is 0 Å². The molecule has 6 heavy (non-hydrogen) atoms. The summed E-state index contributed by atoms with van der Waals surface area (Å²) in [7, 11) is 0. The highest BCUT2D eigenvalue weighted by molar-refractivity contribution is 5.53. The van der Waals surface area contributed by atoms with E-state index in [1.165, 1.54) is 0 Å². The Balaban J connectivity index is 0. The van der Waals surface area contributed by atoms with Crippen molar-refractivity contribution < 1.29 is 24.8 Å². The molecular formula is CH3FO4. The molecule has 0 bridgehead atoms. The Morgan fingerprint density at radius 2 is 1.33 bits per heavy atom. The summed E-state index contributed by atoms with van der Waals surface area (Å²) >= 11 is 0. The van der Waals surface area contributed by atoms with E-state index in [-0.39, 0.29) is 0 Å². The zero-order chi connectivity index (χ0) is 5.58. The van der Waals surface area contributed by atoms with Gasteiger partial charge in [-0.2, -0.15) is 0 Å². The summed E-state index contributed by atoms with van der Waals surface area (Å²) < 4.78 is 8.50. The summed E-state index contributed by atoms with van der Waals surface area (Å²) in [5.41, 5.74) is 0. The number of rotatable bonds is 0. The van der Waals surface area contributed by atoms with E-state index in [2.05, 4.69) is 0 Å². The average Bonchev–Trinajstić information content (AvgIpc) is 1.41. The van der Waals surface area contributed by atoms with Gasteiger partial charge in [0.2, 0.25) is 0 Å². The molecule has 0 radical (unpaired) electrons. The second-order valence-electron chi connectivity index (χ2n) is 0.283. The maximum absolute atomic E-state index is 8.56. The van der Waals surface area contributed by atoms with E-state index in [1.54, 1.807) is 0 Å². The first-order chi connectivity index (χ1) is 2.73. The molecule has 3 N–H and O–H groups in total. The molecule has 0 aromatic rings. The number of hydrogen-bond donors (Lipinski definition) is 3. The van der Waals surface area contributed by atoms with Crippen LogP contribution in [-0.4, -0.2) is 21.7 Å². The van der Waals surface area contributed by atoms with E-state index in [0.717, 1.165) is 0 Å². The SMILES string of the molecule is O=C(O)O.OF. The Morgan fingerprint density at radius 1 is 1.33 bits per heavy atom. The van der Waals surface area contributed by atoms with Crippen molar-refractivity contribution in [1.82, 2.24) is 0 Å². The first-order valence-electron chi connectivity index (χ1n) is 0.820. The van der Waals surface area contributed by atoms with Gasteiger partial charge < -0.3 is 10.2 Å². The van der Waals surface area contributed by atoms with Crippen molar-refractivity contribution in [3.8, 4) is 0 Å². The Morgan fingerprint density at radius 3 is 1.33 bits per heavy atom. The van der Waals surface area contributed by atoms with Crippen LogP contribution >= 0.6 is 0 Å². The largest absolute Gasteiger partial charge is 0.503 e. The summed E-state index contributed by atoms with van der Waals surface area (Å²) in [5, 5.41) is 19.4. The normalized spacial score (nSPS) is 5.00. The number of carboxylic acid groups (broad SMARTS) is 2. The molecule has 0 unspecified atom stereocenters. The van der Waals surface area contributed by atoms with Crippen molar-refractivity contribution >= 4 is 6.16 Å². The minimum absolute atomic E-state index is 1.83. The molecule has 0 amide bonds. The maximum Gasteiger partial charge on any atom is 0.503 e. The molecule has 5 heteroatoms. The van der Waals surface area contributed by atoms with Crippen molar-refractivity contribution in [2.24, 2.45) is 0 Å². The van der Waals surface area contributed by atoms with Gasteiger partial charge in [0.15, 0.2) is 0 Å². The number of carbonyl (C=O) groups is 1. The third kappa shape index (κ3) is 20.9. The highest BCUT2D eigenvalue weighted by Crippen LogP contribution is 1.42. The van der Waals surface area contributed by atoms with Gasteiger partial charge in [-0.3, -0.25) is 0 Å². The van der Waals surface area contributed by atoms with Gasteiger partial charge in [-0.1, -0.05) is 4.53 Å². The quantitative estimate of drug-likeness (QED) is 0.401. The zero-order valence-corrected chi connectivity index (χ0v) is 2.63. The molecule has 0 aliphatic rings. The highest BCUT2D eigenvalue weighted by atomic mass is 19.3. The van der Waals surface area contributed by atoms with Crippen LogP contribution in [0.1, 0.15) is 0 Å². The fourth-order valence-corrected chi connectivity index (χ4v) is 0. The predicted molar refractivity (Wildman–Crippen MR) is 14.0 cm³/mol. The van der Waals surface area contributed by atoms with Gasteiger partial charge in [-0.25, -0.2) is 10.1 Å². The lowest BCUT2D eigenvalue weighted by Gasteiger charge is -1.60. The van der Waals surface area contributed by atoms with Gasteiger partial charge in [0.1, 0.15) is 0 Å². The molecule has 0 aliphatic heterocycles. The standard InChI is InChI=1S/CH2O3.FHO/c2-1(3)4;1-2/h(H2,2,3,4);2H. The summed E-state index contributed by atoms with van der Waals surface area (Å²) in [6.07, 6.45) is -1.83. The Hall–Kier alpha value is -0.840. The third-order valence-corrected chi connectivity index (χ3v) is 0. The average molecular weight is 98.0 g/mol. The van der Waals surface area contributed by atoms with E-state index in [9.17, 15) is 0 Å². The second kappa shape index (κ2) is 8.90. The molecular weight excluding hydrogens is 95.0 g/mol. The van der Waals surface area contributed by atoms with Crippen LogP contribution in [0.2, 0.25) is 0 Å². The van der Waals surface area contributed by atoms with Crippen molar-refractivity contribution in [2.75, 3.05) is 0 Å². The second-order valence-corrected chi connectivity index (χ2v) is 0.283. The fraction of sp³-hybridized carbons (Fsp3) is 0. The van der Waals surface area contributed by atoms with Gasteiger partial charge in [0.25, 0.3) is 0 Å². The molecule has 0 aliphatic carbocycles. The van der Waals surface area contributed by atoms with Gasteiger partial charge >= 0.3 is 6.16 Å². The molecule has 0 aromatic heterocycles. The van der Waals surface area contributed by atoms with E-state index in [0.29, 0.717) is 0 Å². The van der Waals surface area contributed by atoms with E-state index in [4.69, 9.17) is 24.8 Å². The predicted octanol–water partition coefficient (Wildman–Crippen LogP) is 0.0856. The third-order valence-electron chi connectivity index (χ3n) is 0. The maximum atomic E-state index is 8.56. The fourth-order valence-electron chi connectivity index (χ4n) is 0. The van der Waals surface area contributed by atoms with Crippen molar-refractivity contribution in [3.63, 3.8) is 0 Å². The van der Waals surface area contributed by atoms with Crippen LogP contribution in [0.25, 0.3) is 0 Å². The number of hydrogen-bond acceptors (Lipinski definition) is 2. The summed E-state index contributed by atoms with van der Waals surface area (Å²) in [5.74, 6) is 0. The van der Waals surface area contributed by atoms with Crippen LogP contribution in [-0.2, 0) is 0 Å². The van der Waals surface area contributed by atoms with Crippen molar-refractivity contribution in [1.29, 1.82) is 0 Å². The molecule has 4 nitrogen and oxygen atoms in total. The highest BCUT2D eigenvalue weighted by Gasteiger charge is 1.70. The van der Waals surface area contributed by atoms with E-state index in [1.807, 2.05) is 0 Å². The minimum atomic E-state index is -1.83. The smallest absolute Gasteiger partial charge is 0.450 e. The Labute approximate surface area is 32.4 Å². The summed E-state index contributed by atoms with van der Waals surface area (Å²) in [6, 6.07) is 0.